The van der Waals surface area contributed by atoms with Gasteiger partial charge < -0.3 is 24.8 Å². The summed E-state index contributed by atoms with van der Waals surface area (Å²) in [5.41, 5.74) is 3.10. The van der Waals surface area contributed by atoms with E-state index in [-0.39, 0.29) is 23.0 Å². The third kappa shape index (κ3) is 6.65. The molecule has 0 bridgehead atoms. The minimum Gasteiger partial charge on any atom is -0.445 e. The number of carbonyl (C=O) groups excluding carboxylic acids is 1. The topological polar surface area (TPSA) is 118 Å². The summed E-state index contributed by atoms with van der Waals surface area (Å²) in [4.78, 5) is 17.3. The molecule has 5 rings (SSSR count). The van der Waals surface area contributed by atoms with Crippen LogP contribution in [0, 0.1) is 23.2 Å². The van der Waals surface area contributed by atoms with Crippen LogP contribution in [0.5, 0.6) is 0 Å². The van der Waals surface area contributed by atoms with Gasteiger partial charge in [-0.25, -0.2) is 4.79 Å². The number of hydrogen-bond acceptors (Lipinski definition) is 7. The summed E-state index contributed by atoms with van der Waals surface area (Å²) in [6, 6.07) is 0. The van der Waals surface area contributed by atoms with Crippen molar-refractivity contribution in [1.82, 2.24) is 15.5 Å². The number of fused-ring (bicyclic) bond motifs is 1. The number of amides is 1. The highest BCUT2D eigenvalue weighted by Gasteiger charge is 2.58. The third-order valence-electron chi connectivity index (χ3n) is 11.2. The van der Waals surface area contributed by atoms with Gasteiger partial charge in [0.15, 0.2) is 5.82 Å². The van der Waals surface area contributed by atoms with Crippen molar-refractivity contribution in [2.75, 3.05) is 6.54 Å². The number of alkyl carbamates (subject to hydrolysis) is 1. The fraction of sp³-hybridized carbons (Fsp3) is 0.743. The molecular formula is C35H53N3O5. The van der Waals surface area contributed by atoms with Crippen LogP contribution in [0.3, 0.4) is 0 Å². The quantitative estimate of drug-likeness (QED) is 0.260. The zero-order valence-electron chi connectivity index (χ0n) is 26.7. The summed E-state index contributed by atoms with van der Waals surface area (Å²) < 4.78 is 11.8. The summed E-state index contributed by atoms with van der Waals surface area (Å²) in [5, 5.41) is 27.5. The second-order valence-electron chi connectivity index (χ2n) is 14.1. The molecule has 4 aliphatic rings. The molecule has 43 heavy (non-hydrogen) atoms. The maximum atomic E-state index is 12.6. The second kappa shape index (κ2) is 13.3. The molecule has 0 aromatic carbocycles. The van der Waals surface area contributed by atoms with Crippen molar-refractivity contribution in [2.45, 2.75) is 135 Å². The Morgan fingerprint density at radius 3 is 2.72 bits per heavy atom. The van der Waals surface area contributed by atoms with Crippen LogP contribution < -0.4 is 5.32 Å². The molecular weight excluding hydrogens is 542 g/mol. The minimum absolute atomic E-state index is 0.235. The van der Waals surface area contributed by atoms with Crippen molar-refractivity contribution >= 4 is 6.09 Å². The maximum absolute atomic E-state index is 12.6. The van der Waals surface area contributed by atoms with Crippen LogP contribution in [0.25, 0.3) is 0 Å². The number of ether oxygens (including phenoxy) is 1. The van der Waals surface area contributed by atoms with Gasteiger partial charge in [0.05, 0.1) is 17.6 Å². The van der Waals surface area contributed by atoms with E-state index < -0.39 is 12.2 Å². The first kappa shape index (κ1) is 32.0. The van der Waals surface area contributed by atoms with Gasteiger partial charge in [0.1, 0.15) is 6.10 Å². The Morgan fingerprint density at radius 1 is 1.21 bits per heavy atom. The van der Waals surface area contributed by atoms with E-state index in [1.807, 2.05) is 6.92 Å². The number of aliphatic hydroxyl groups is 2. The van der Waals surface area contributed by atoms with Gasteiger partial charge in [0.2, 0.25) is 5.89 Å². The SMILES string of the molecule is C=C1/C(=C\C=C2/CCC[C@]3(C)[C@@H]([C@H](C)CC[C@@H](OC(=O)NCC)C4(c5nc(CCC)no5)CC4)CC[C@@H]23)C[C@@H](O)C[C@@H]1O. The fourth-order valence-corrected chi connectivity index (χ4v) is 8.65. The number of carbonyl (C=O) groups is 1. The Bertz CT molecular complexity index is 1220. The fourth-order valence-electron chi connectivity index (χ4n) is 8.65. The summed E-state index contributed by atoms with van der Waals surface area (Å²) in [6.45, 7) is 13.5. The highest BCUT2D eigenvalue weighted by Crippen LogP contribution is 2.60. The van der Waals surface area contributed by atoms with E-state index in [0.29, 0.717) is 43.0 Å². The normalized spacial score (nSPS) is 33.3. The van der Waals surface area contributed by atoms with E-state index in [1.54, 1.807) is 0 Å². The lowest BCUT2D eigenvalue weighted by atomic mass is 9.60. The molecule has 0 saturated heterocycles. The first-order valence-corrected chi connectivity index (χ1v) is 16.8. The van der Waals surface area contributed by atoms with Gasteiger partial charge in [-0.2, -0.15) is 4.98 Å². The number of aliphatic hydroxyl groups excluding tert-OH is 2. The molecule has 1 amide bonds. The monoisotopic (exact) mass is 595 g/mol. The van der Waals surface area contributed by atoms with E-state index in [0.717, 1.165) is 61.9 Å². The Balaban J connectivity index is 1.28. The number of allylic oxidation sites excluding steroid dienone is 3. The first-order chi connectivity index (χ1) is 20.6. The minimum atomic E-state index is -0.657. The van der Waals surface area contributed by atoms with Gasteiger partial charge in [-0.3, -0.25) is 0 Å². The predicted molar refractivity (Wildman–Crippen MR) is 166 cm³/mol. The summed E-state index contributed by atoms with van der Waals surface area (Å²) in [5.74, 6) is 3.00. The molecule has 0 aliphatic heterocycles. The molecule has 7 atom stereocenters. The molecule has 4 aliphatic carbocycles. The average Bonchev–Trinajstić information content (AvgIpc) is 3.49. The molecule has 1 aromatic heterocycles. The van der Waals surface area contributed by atoms with Gasteiger partial charge >= 0.3 is 6.09 Å². The molecule has 0 unspecified atom stereocenters. The maximum Gasteiger partial charge on any atom is 0.407 e. The number of aromatic nitrogens is 2. The van der Waals surface area contributed by atoms with Gasteiger partial charge in [-0.05, 0) is 112 Å². The van der Waals surface area contributed by atoms with E-state index in [4.69, 9.17) is 14.2 Å². The number of aryl methyl sites for hydroxylation is 1. The Hall–Kier alpha value is -2.45. The molecule has 8 heteroatoms. The van der Waals surface area contributed by atoms with Crippen molar-refractivity contribution < 1.29 is 24.3 Å². The number of nitrogens with zero attached hydrogens (tertiary/aromatic N) is 2. The van der Waals surface area contributed by atoms with Crippen molar-refractivity contribution in [3.05, 3.63) is 47.2 Å². The van der Waals surface area contributed by atoms with Crippen LogP contribution in [0.2, 0.25) is 0 Å². The molecule has 1 aromatic rings. The van der Waals surface area contributed by atoms with E-state index >= 15 is 0 Å². The zero-order chi connectivity index (χ0) is 30.8. The molecule has 4 fully saturated rings. The Morgan fingerprint density at radius 2 is 2.00 bits per heavy atom. The summed E-state index contributed by atoms with van der Waals surface area (Å²) >= 11 is 0. The standard InChI is InChI=1S/C35H53N3O5/c1-6-9-31-37-32(43-38-31)35(18-19-35)30(42-33(41)36-7-2)16-11-22(3)27-14-15-28-24(10-8-17-34(27,28)5)12-13-25-20-26(39)21-29(40)23(25)4/h12-13,22,26-30,39-40H,4,6-11,14-21H2,1-3,5H3,(H,36,41)/b24-12+,25-13-/t22-,26-,27-,28+,29+,30-,34-/m1/s1. The van der Waals surface area contributed by atoms with E-state index in [2.05, 4.69) is 50.0 Å². The lowest BCUT2D eigenvalue weighted by molar-refractivity contribution is 0.0460. The third-order valence-corrected chi connectivity index (χ3v) is 11.2. The zero-order valence-corrected chi connectivity index (χ0v) is 26.7. The van der Waals surface area contributed by atoms with Crippen LogP contribution in [0.4, 0.5) is 4.79 Å². The van der Waals surface area contributed by atoms with E-state index in [9.17, 15) is 15.0 Å². The van der Waals surface area contributed by atoms with Gasteiger partial charge in [0, 0.05) is 19.4 Å². The summed E-state index contributed by atoms with van der Waals surface area (Å²) in [6.07, 6.45) is 14.7. The molecule has 8 nitrogen and oxygen atoms in total. The molecule has 0 spiro atoms. The van der Waals surface area contributed by atoms with Gasteiger partial charge in [-0.1, -0.05) is 50.2 Å². The summed E-state index contributed by atoms with van der Waals surface area (Å²) in [7, 11) is 0. The van der Waals surface area contributed by atoms with Crippen molar-refractivity contribution in [1.29, 1.82) is 0 Å². The molecule has 1 heterocycles. The number of hydrogen-bond donors (Lipinski definition) is 3. The predicted octanol–water partition coefficient (Wildman–Crippen LogP) is 6.73. The van der Waals surface area contributed by atoms with Crippen LogP contribution in [0.15, 0.2) is 40.0 Å². The van der Waals surface area contributed by atoms with Crippen LogP contribution >= 0.6 is 0 Å². The highest BCUT2D eigenvalue weighted by molar-refractivity contribution is 5.67. The van der Waals surface area contributed by atoms with Gasteiger partial charge in [-0.15, -0.1) is 0 Å². The molecule has 0 radical (unpaired) electrons. The molecule has 4 saturated carbocycles. The Labute approximate surface area is 257 Å². The second-order valence-corrected chi connectivity index (χ2v) is 14.1. The molecule has 3 N–H and O–H groups in total. The van der Waals surface area contributed by atoms with Crippen LogP contribution in [0.1, 0.15) is 116 Å². The number of rotatable bonds is 11. The largest absolute Gasteiger partial charge is 0.445 e. The van der Waals surface area contributed by atoms with Crippen LogP contribution in [-0.2, 0) is 16.6 Å². The highest BCUT2D eigenvalue weighted by atomic mass is 16.6. The smallest absolute Gasteiger partial charge is 0.407 e. The van der Waals surface area contributed by atoms with Gasteiger partial charge in [0.25, 0.3) is 0 Å². The Kier molecular flexibility index (Phi) is 9.86. The average molecular weight is 596 g/mol. The number of nitrogens with one attached hydrogen (secondary N) is 1. The van der Waals surface area contributed by atoms with Crippen LogP contribution in [-0.4, -0.2) is 51.3 Å². The lowest BCUT2D eigenvalue weighted by Crippen LogP contribution is -2.38. The van der Waals surface area contributed by atoms with Crippen molar-refractivity contribution in [3.63, 3.8) is 0 Å². The van der Waals surface area contributed by atoms with Crippen molar-refractivity contribution in [3.8, 4) is 0 Å². The first-order valence-electron chi connectivity index (χ1n) is 16.8. The molecule has 238 valence electrons. The lowest BCUT2D eigenvalue weighted by Gasteiger charge is -2.44. The van der Waals surface area contributed by atoms with Crippen molar-refractivity contribution in [2.24, 2.45) is 23.2 Å². The van der Waals surface area contributed by atoms with E-state index in [1.165, 1.54) is 31.3 Å².